The molecule has 0 spiro atoms. The standard InChI is InChI=1S/C20H15Cl2N3O2/c21-14-5-1-12(2-6-14)19(26)24-16-9-10-18(17(23)11-16)25-20(27)13-3-7-15(22)8-4-13/h1-11H,23H2,(H,24,26)(H,25,27). The Balaban J connectivity index is 1.69. The Morgan fingerprint density at radius 1 is 0.704 bits per heavy atom. The van der Waals surface area contributed by atoms with Gasteiger partial charge in [0.15, 0.2) is 0 Å². The molecule has 3 rings (SSSR count). The van der Waals surface area contributed by atoms with Gasteiger partial charge in [-0.15, -0.1) is 0 Å². The van der Waals surface area contributed by atoms with Crippen molar-refractivity contribution >= 4 is 52.1 Å². The third kappa shape index (κ3) is 4.78. The van der Waals surface area contributed by atoms with Gasteiger partial charge in [0.25, 0.3) is 11.8 Å². The predicted molar refractivity (Wildman–Crippen MR) is 110 cm³/mol. The second-order valence-electron chi connectivity index (χ2n) is 5.72. The smallest absolute Gasteiger partial charge is 0.255 e. The number of rotatable bonds is 4. The van der Waals surface area contributed by atoms with Crippen LogP contribution in [0.2, 0.25) is 10.0 Å². The molecule has 0 bridgehead atoms. The Morgan fingerprint density at radius 3 is 1.67 bits per heavy atom. The highest BCUT2D eigenvalue weighted by molar-refractivity contribution is 6.31. The molecule has 3 aromatic carbocycles. The number of halogens is 2. The van der Waals surface area contributed by atoms with Crippen LogP contribution in [0.3, 0.4) is 0 Å². The van der Waals surface area contributed by atoms with Crippen molar-refractivity contribution < 1.29 is 9.59 Å². The Hall–Kier alpha value is -3.02. The number of hydrogen-bond donors (Lipinski definition) is 3. The van der Waals surface area contributed by atoms with Gasteiger partial charge in [-0.1, -0.05) is 23.2 Å². The van der Waals surface area contributed by atoms with Gasteiger partial charge in [0, 0.05) is 26.9 Å². The number of amides is 2. The molecule has 3 aromatic rings. The molecule has 0 saturated heterocycles. The van der Waals surface area contributed by atoms with E-state index in [0.717, 1.165) is 0 Å². The molecule has 0 saturated carbocycles. The zero-order valence-corrected chi connectivity index (χ0v) is 15.5. The molecule has 136 valence electrons. The summed E-state index contributed by atoms with van der Waals surface area (Å²) in [5, 5.41) is 6.58. The van der Waals surface area contributed by atoms with Crippen LogP contribution in [0.1, 0.15) is 20.7 Å². The summed E-state index contributed by atoms with van der Waals surface area (Å²) in [6, 6.07) is 17.9. The van der Waals surface area contributed by atoms with E-state index >= 15 is 0 Å². The average Bonchev–Trinajstić information content (AvgIpc) is 2.65. The number of benzene rings is 3. The van der Waals surface area contributed by atoms with Gasteiger partial charge in [0.05, 0.1) is 11.4 Å². The highest BCUT2D eigenvalue weighted by atomic mass is 35.5. The van der Waals surface area contributed by atoms with Gasteiger partial charge in [-0.3, -0.25) is 9.59 Å². The molecule has 0 aliphatic carbocycles. The maximum Gasteiger partial charge on any atom is 0.255 e. The van der Waals surface area contributed by atoms with E-state index in [-0.39, 0.29) is 11.8 Å². The zero-order chi connectivity index (χ0) is 19.4. The van der Waals surface area contributed by atoms with Crippen LogP contribution < -0.4 is 16.4 Å². The van der Waals surface area contributed by atoms with Crippen LogP contribution in [0, 0.1) is 0 Å². The fourth-order valence-corrected chi connectivity index (χ4v) is 2.61. The van der Waals surface area contributed by atoms with E-state index in [1.54, 1.807) is 66.7 Å². The summed E-state index contributed by atoms with van der Waals surface area (Å²) < 4.78 is 0. The fourth-order valence-electron chi connectivity index (χ4n) is 2.35. The number of hydrogen-bond acceptors (Lipinski definition) is 3. The minimum Gasteiger partial charge on any atom is -0.397 e. The molecule has 0 unspecified atom stereocenters. The van der Waals surface area contributed by atoms with Gasteiger partial charge in [-0.05, 0) is 66.7 Å². The van der Waals surface area contributed by atoms with E-state index in [4.69, 9.17) is 28.9 Å². The topological polar surface area (TPSA) is 84.2 Å². The van der Waals surface area contributed by atoms with E-state index < -0.39 is 0 Å². The molecule has 4 N–H and O–H groups in total. The van der Waals surface area contributed by atoms with E-state index in [0.29, 0.717) is 38.2 Å². The summed E-state index contributed by atoms with van der Waals surface area (Å²) in [6.07, 6.45) is 0. The first-order valence-corrected chi connectivity index (χ1v) is 8.71. The first-order valence-electron chi connectivity index (χ1n) is 7.96. The van der Waals surface area contributed by atoms with Crippen LogP contribution in [-0.2, 0) is 0 Å². The Morgan fingerprint density at radius 2 is 1.19 bits per heavy atom. The molecule has 5 nitrogen and oxygen atoms in total. The largest absolute Gasteiger partial charge is 0.397 e. The van der Waals surface area contributed by atoms with E-state index in [1.165, 1.54) is 0 Å². The zero-order valence-electron chi connectivity index (χ0n) is 14.0. The summed E-state index contributed by atoms with van der Waals surface area (Å²) in [5.74, 6) is -0.597. The quantitative estimate of drug-likeness (QED) is 0.534. The molecule has 0 heterocycles. The summed E-state index contributed by atoms with van der Waals surface area (Å²) in [6.45, 7) is 0. The Bertz CT molecular complexity index is 987. The molecule has 0 aliphatic heterocycles. The lowest BCUT2D eigenvalue weighted by atomic mass is 10.1. The number of carbonyl (C=O) groups is 2. The minimum atomic E-state index is -0.309. The maximum atomic E-state index is 12.3. The summed E-state index contributed by atoms with van der Waals surface area (Å²) in [4.78, 5) is 24.5. The van der Waals surface area contributed by atoms with Gasteiger partial charge in [-0.2, -0.15) is 0 Å². The van der Waals surface area contributed by atoms with E-state index in [2.05, 4.69) is 10.6 Å². The van der Waals surface area contributed by atoms with Crippen molar-refractivity contribution in [2.45, 2.75) is 0 Å². The molecule has 0 atom stereocenters. The monoisotopic (exact) mass is 399 g/mol. The van der Waals surface area contributed by atoms with Gasteiger partial charge >= 0.3 is 0 Å². The van der Waals surface area contributed by atoms with Crippen LogP contribution in [0.5, 0.6) is 0 Å². The second-order valence-corrected chi connectivity index (χ2v) is 6.60. The number of carbonyl (C=O) groups excluding carboxylic acids is 2. The van der Waals surface area contributed by atoms with Gasteiger partial charge in [0.1, 0.15) is 0 Å². The number of nitrogens with two attached hydrogens (primary N) is 1. The van der Waals surface area contributed by atoms with Crippen LogP contribution in [0.4, 0.5) is 17.1 Å². The van der Waals surface area contributed by atoms with Gasteiger partial charge < -0.3 is 16.4 Å². The van der Waals surface area contributed by atoms with E-state index in [9.17, 15) is 9.59 Å². The highest BCUT2D eigenvalue weighted by Crippen LogP contribution is 2.24. The van der Waals surface area contributed by atoms with Crippen LogP contribution in [0.15, 0.2) is 66.7 Å². The van der Waals surface area contributed by atoms with Crippen molar-refractivity contribution in [1.82, 2.24) is 0 Å². The lowest BCUT2D eigenvalue weighted by Crippen LogP contribution is -2.14. The van der Waals surface area contributed by atoms with Crippen LogP contribution in [0.25, 0.3) is 0 Å². The van der Waals surface area contributed by atoms with Gasteiger partial charge in [0.2, 0.25) is 0 Å². The first-order chi connectivity index (χ1) is 12.9. The predicted octanol–water partition coefficient (Wildman–Crippen LogP) is 5.08. The lowest BCUT2D eigenvalue weighted by molar-refractivity contribution is 0.101. The third-order valence-corrected chi connectivity index (χ3v) is 4.27. The number of nitrogen functional groups attached to an aromatic ring is 1. The molecular weight excluding hydrogens is 385 g/mol. The Kier molecular flexibility index (Phi) is 5.64. The fraction of sp³-hybridized carbons (Fsp3) is 0. The highest BCUT2D eigenvalue weighted by Gasteiger charge is 2.10. The van der Waals surface area contributed by atoms with Crippen molar-refractivity contribution in [3.05, 3.63) is 87.9 Å². The molecular formula is C20H15Cl2N3O2. The SMILES string of the molecule is Nc1cc(NC(=O)c2ccc(Cl)cc2)ccc1NC(=O)c1ccc(Cl)cc1. The number of nitrogens with one attached hydrogen (secondary N) is 2. The third-order valence-electron chi connectivity index (χ3n) is 3.77. The Labute approximate surface area is 166 Å². The molecule has 0 radical (unpaired) electrons. The maximum absolute atomic E-state index is 12.3. The molecule has 2 amide bonds. The van der Waals surface area contributed by atoms with Gasteiger partial charge in [-0.25, -0.2) is 0 Å². The molecule has 0 aromatic heterocycles. The number of anilines is 3. The molecule has 0 fully saturated rings. The summed E-state index contributed by atoms with van der Waals surface area (Å²) in [7, 11) is 0. The second kappa shape index (κ2) is 8.12. The average molecular weight is 400 g/mol. The van der Waals surface area contributed by atoms with Crippen LogP contribution in [-0.4, -0.2) is 11.8 Å². The van der Waals surface area contributed by atoms with Crippen molar-refractivity contribution in [3.63, 3.8) is 0 Å². The van der Waals surface area contributed by atoms with Crippen LogP contribution >= 0.6 is 23.2 Å². The van der Waals surface area contributed by atoms with Crippen molar-refractivity contribution in [3.8, 4) is 0 Å². The minimum absolute atomic E-state index is 0.288. The van der Waals surface area contributed by atoms with E-state index in [1.807, 2.05) is 0 Å². The molecule has 0 aliphatic rings. The molecule has 27 heavy (non-hydrogen) atoms. The van der Waals surface area contributed by atoms with Crippen molar-refractivity contribution in [2.24, 2.45) is 0 Å². The first kappa shape index (κ1) is 18.8. The molecule has 7 heteroatoms. The van der Waals surface area contributed by atoms with Crippen molar-refractivity contribution in [1.29, 1.82) is 0 Å². The summed E-state index contributed by atoms with van der Waals surface area (Å²) >= 11 is 11.6. The van der Waals surface area contributed by atoms with Crippen molar-refractivity contribution in [2.75, 3.05) is 16.4 Å². The normalized spacial score (nSPS) is 10.3. The summed E-state index contributed by atoms with van der Waals surface area (Å²) in [5.41, 5.74) is 8.21. The lowest BCUT2D eigenvalue weighted by Gasteiger charge is -2.11.